The molecule has 0 saturated heterocycles. The van der Waals surface area contributed by atoms with Crippen LogP contribution in [0.3, 0.4) is 0 Å². The van der Waals surface area contributed by atoms with Crippen molar-refractivity contribution in [2.24, 2.45) is 5.92 Å². The lowest BCUT2D eigenvalue weighted by Gasteiger charge is -2.32. The molecule has 1 aromatic rings. The predicted octanol–water partition coefficient (Wildman–Crippen LogP) is 3.48. The zero-order chi connectivity index (χ0) is 11.5. The number of carbonyl (C=O) groups excluding carboxylic acids is 1. The first-order chi connectivity index (χ1) is 6.96. The maximum atomic E-state index is 11.0. The van der Waals surface area contributed by atoms with Crippen molar-refractivity contribution >= 4 is 14.4 Å². The number of carbonyl (C=O) groups is 1. The first kappa shape index (κ1) is 12.2. The Balaban J connectivity index is 3.08. The van der Waals surface area contributed by atoms with E-state index in [9.17, 15) is 4.79 Å². The van der Waals surface area contributed by atoms with E-state index in [2.05, 4.69) is 43.9 Å². The molecule has 0 saturated carbocycles. The van der Waals surface area contributed by atoms with Crippen LogP contribution < -0.4 is 0 Å². The van der Waals surface area contributed by atoms with Gasteiger partial charge < -0.3 is 4.79 Å². The second-order valence-corrected chi connectivity index (χ2v) is 10.6. The van der Waals surface area contributed by atoms with Crippen molar-refractivity contribution in [2.45, 2.75) is 32.1 Å². The first-order valence-electron chi connectivity index (χ1n) is 5.47. The maximum Gasteiger partial charge on any atom is 0.123 e. The maximum absolute atomic E-state index is 11.0. The third-order valence-corrected chi connectivity index (χ3v) is 5.56. The summed E-state index contributed by atoms with van der Waals surface area (Å²) in [6.07, 6.45) is 1.09. The van der Waals surface area contributed by atoms with Crippen molar-refractivity contribution in [3.63, 3.8) is 0 Å². The van der Waals surface area contributed by atoms with Crippen molar-refractivity contribution in [3.05, 3.63) is 35.9 Å². The second kappa shape index (κ2) is 4.75. The summed E-state index contributed by atoms with van der Waals surface area (Å²) in [5, 5.41) is 0. The van der Waals surface area contributed by atoms with Crippen LogP contribution in [0.25, 0.3) is 0 Å². The molecule has 1 nitrogen and oxygen atoms in total. The second-order valence-electron chi connectivity index (χ2n) is 5.25. The summed E-state index contributed by atoms with van der Waals surface area (Å²) in [5.41, 5.74) is 1.74. The van der Waals surface area contributed by atoms with Gasteiger partial charge in [0.1, 0.15) is 6.29 Å². The third kappa shape index (κ3) is 3.03. The molecule has 2 unspecified atom stereocenters. The van der Waals surface area contributed by atoms with E-state index >= 15 is 0 Å². The largest absolute Gasteiger partial charge is 0.303 e. The van der Waals surface area contributed by atoms with Crippen LogP contribution in [-0.2, 0) is 4.79 Å². The highest BCUT2D eigenvalue weighted by atomic mass is 28.3. The lowest BCUT2D eigenvalue weighted by molar-refractivity contribution is -0.110. The van der Waals surface area contributed by atoms with Crippen LogP contribution in [-0.4, -0.2) is 14.4 Å². The molecule has 1 aromatic carbocycles. The van der Waals surface area contributed by atoms with Gasteiger partial charge in [0.15, 0.2) is 0 Å². The Hall–Kier alpha value is -0.893. The lowest BCUT2D eigenvalue weighted by Crippen LogP contribution is -2.35. The Kier molecular flexibility index (Phi) is 3.86. The van der Waals surface area contributed by atoms with E-state index in [-0.39, 0.29) is 5.92 Å². The summed E-state index contributed by atoms with van der Waals surface area (Å²) in [4.78, 5) is 11.0. The Labute approximate surface area is 93.5 Å². The zero-order valence-corrected chi connectivity index (χ0v) is 11.0. The summed E-state index contributed by atoms with van der Waals surface area (Å²) in [6.45, 7) is 9.00. The number of hydrogen-bond donors (Lipinski definition) is 0. The minimum atomic E-state index is -1.34. The van der Waals surface area contributed by atoms with Crippen molar-refractivity contribution in [3.8, 4) is 0 Å². The molecule has 2 atom stereocenters. The molecule has 0 fully saturated rings. The number of aldehydes is 1. The van der Waals surface area contributed by atoms with Crippen LogP contribution in [0.15, 0.2) is 30.3 Å². The molecule has 0 aliphatic rings. The van der Waals surface area contributed by atoms with Crippen molar-refractivity contribution < 1.29 is 4.79 Å². The Morgan fingerprint density at radius 1 is 1.13 bits per heavy atom. The average molecular weight is 220 g/mol. The molecule has 0 aliphatic carbocycles. The van der Waals surface area contributed by atoms with Crippen LogP contribution in [0.5, 0.6) is 0 Å². The Morgan fingerprint density at radius 3 is 2.07 bits per heavy atom. The molecule has 2 heteroatoms. The van der Waals surface area contributed by atoms with Gasteiger partial charge in [-0.2, -0.15) is 0 Å². The third-order valence-electron chi connectivity index (χ3n) is 2.83. The standard InChI is InChI=1S/C13H20OSi/c1-11(10-14)13(15(2,3)4)12-8-6-5-7-9-12/h5-11,13H,1-4H3. The van der Waals surface area contributed by atoms with E-state index < -0.39 is 8.07 Å². The minimum absolute atomic E-state index is 0.124. The zero-order valence-electron chi connectivity index (χ0n) is 10.0. The van der Waals surface area contributed by atoms with Gasteiger partial charge in [0, 0.05) is 5.92 Å². The highest BCUT2D eigenvalue weighted by molar-refractivity contribution is 6.77. The van der Waals surface area contributed by atoms with Gasteiger partial charge in [-0.15, -0.1) is 0 Å². The van der Waals surface area contributed by atoms with Crippen molar-refractivity contribution in [1.29, 1.82) is 0 Å². The fourth-order valence-electron chi connectivity index (χ4n) is 2.33. The van der Waals surface area contributed by atoms with E-state index in [0.717, 1.165) is 6.29 Å². The molecule has 1 rings (SSSR count). The van der Waals surface area contributed by atoms with Crippen LogP contribution in [0, 0.1) is 5.92 Å². The van der Waals surface area contributed by atoms with Crippen molar-refractivity contribution in [2.75, 3.05) is 0 Å². The lowest BCUT2D eigenvalue weighted by atomic mass is 10.0. The highest BCUT2D eigenvalue weighted by Crippen LogP contribution is 2.32. The molecule has 15 heavy (non-hydrogen) atoms. The summed E-state index contributed by atoms with van der Waals surface area (Å²) in [6, 6.07) is 10.4. The normalized spacial score (nSPS) is 15.7. The van der Waals surface area contributed by atoms with E-state index in [1.807, 2.05) is 13.0 Å². The molecule has 0 amide bonds. The van der Waals surface area contributed by atoms with Crippen LogP contribution in [0.2, 0.25) is 19.6 Å². The van der Waals surface area contributed by atoms with Gasteiger partial charge in [0.25, 0.3) is 0 Å². The number of benzene rings is 1. The number of hydrogen-bond acceptors (Lipinski definition) is 1. The fraction of sp³-hybridized carbons (Fsp3) is 0.462. The molecule has 0 aromatic heterocycles. The molecule has 0 spiro atoms. The minimum Gasteiger partial charge on any atom is -0.303 e. The van der Waals surface area contributed by atoms with E-state index in [4.69, 9.17) is 0 Å². The van der Waals surface area contributed by atoms with E-state index in [1.165, 1.54) is 5.56 Å². The number of rotatable bonds is 4. The van der Waals surface area contributed by atoms with Gasteiger partial charge in [-0.05, 0) is 11.1 Å². The Morgan fingerprint density at radius 2 is 1.67 bits per heavy atom. The van der Waals surface area contributed by atoms with Gasteiger partial charge in [0.2, 0.25) is 0 Å². The van der Waals surface area contributed by atoms with Crippen LogP contribution in [0.1, 0.15) is 18.0 Å². The quantitative estimate of drug-likeness (QED) is 0.561. The highest BCUT2D eigenvalue weighted by Gasteiger charge is 2.32. The van der Waals surface area contributed by atoms with Crippen LogP contribution in [0.4, 0.5) is 0 Å². The summed E-state index contributed by atoms with van der Waals surface area (Å²) in [5.74, 6) is 0.124. The van der Waals surface area contributed by atoms with E-state index in [0.29, 0.717) is 5.54 Å². The summed E-state index contributed by atoms with van der Waals surface area (Å²) < 4.78 is 0. The monoisotopic (exact) mass is 220 g/mol. The van der Waals surface area contributed by atoms with E-state index in [1.54, 1.807) is 0 Å². The van der Waals surface area contributed by atoms with Crippen molar-refractivity contribution in [1.82, 2.24) is 0 Å². The summed E-state index contributed by atoms with van der Waals surface area (Å²) in [7, 11) is -1.34. The molecule has 0 aliphatic heterocycles. The van der Waals surface area contributed by atoms with Gasteiger partial charge in [-0.1, -0.05) is 56.9 Å². The smallest absolute Gasteiger partial charge is 0.123 e. The molecule has 82 valence electrons. The molecule has 0 N–H and O–H groups in total. The Bertz CT molecular complexity index is 313. The fourth-order valence-corrected chi connectivity index (χ4v) is 5.18. The van der Waals surface area contributed by atoms with Gasteiger partial charge in [0.05, 0.1) is 8.07 Å². The molecule has 0 radical (unpaired) electrons. The predicted molar refractivity (Wildman–Crippen MR) is 67.8 cm³/mol. The topological polar surface area (TPSA) is 17.1 Å². The average Bonchev–Trinajstić information content (AvgIpc) is 2.17. The van der Waals surface area contributed by atoms with Gasteiger partial charge >= 0.3 is 0 Å². The molecular weight excluding hydrogens is 200 g/mol. The summed E-state index contributed by atoms with van der Waals surface area (Å²) >= 11 is 0. The molecule has 0 bridgehead atoms. The van der Waals surface area contributed by atoms with Gasteiger partial charge in [-0.25, -0.2) is 0 Å². The van der Waals surface area contributed by atoms with Crippen LogP contribution >= 0.6 is 0 Å². The SMILES string of the molecule is CC(C=O)C(c1ccccc1)[Si](C)(C)C. The molecular formula is C13H20OSi. The van der Waals surface area contributed by atoms with Gasteiger partial charge in [-0.3, -0.25) is 0 Å². The first-order valence-corrected chi connectivity index (χ1v) is 9.05. The molecule has 0 heterocycles.